The van der Waals surface area contributed by atoms with Crippen molar-refractivity contribution in [3.05, 3.63) is 43.1 Å². The van der Waals surface area contributed by atoms with E-state index in [-0.39, 0.29) is 24.6 Å². The van der Waals surface area contributed by atoms with Gasteiger partial charge in [-0.2, -0.15) is 0 Å². The molecule has 3 heterocycles. The highest BCUT2D eigenvalue weighted by atomic mass is 32.1. The van der Waals surface area contributed by atoms with Gasteiger partial charge in [0.05, 0.1) is 23.9 Å². The van der Waals surface area contributed by atoms with E-state index < -0.39 is 5.97 Å². The maximum atomic E-state index is 13.2. The zero-order chi connectivity index (χ0) is 23.1. The number of anilines is 1. The first-order chi connectivity index (χ1) is 16.0. The van der Waals surface area contributed by atoms with E-state index in [9.17, 15) is 14.4 Å². The molecular weight excluding hydrogens is 458 g/mol. The van der Waals surface area contributed by atoms with Crippen LogP contribution >= 0.6 is 22.7 Å². The molecule has 2 aliphatic carbocycles. The van der Waals surface area contributed by atoms with Gasteiger partial charge in [-0.05, 0) is 68.9 Å². The first kappa shape index (κ1) is 22.3. The standard InChI is InChI=1S/C24H27N3O4S2/c1-3-31-24(30)20-15-9-8-13(2)10-17(15)33-22(20)26-18(28)11-27-12-25-21-19(23(27)29)14-6-4-5-7-16(14)32-21/h12-13H,3-11H2,1-2H3,(H,26,28). The smallest absolute Gasteiger partial charge is 0.341 e. The maximum Gasteiger partial charge on any atom is 0.341 e. The van der Waals surface area contributed by atoms with Gasteiger partial charge in [-0.3, -0.25) is 14.2 Å². The Kier molecular flexibility index (Phi) is 6.09. The van der Waals surface area contributed by atoms with E-state index in [0.717, 1.165) is 65.8 Å². The van der Waals surface area contributed by atoms with Crippen LogP contribution in [-0.2, 0) is 41.8 Å². The minimum atomic E-state index is -0.398. The van der Waals surface area contributed by atoms with Crippen LogP contribution in [0.25, 0.3) is 10.2 Å². The minimum Gasteiger partial charge on any atom is -0.462 e. The van der Waals surface area contributed by atoms with Gasteiger partial charge in [0.1, 0.15) is 16.4 Å². The molecule has 3 aromatic heterocycles. The third kappa shape index (κ3) is 4.12. The number of hydrogen-bond donors (Lipinski definition) is 1. The highest BCUT2D eigenvalue weighted by molar-refractivity contribution is 7.18. The molecule has 5 rings (SSSR count). The molecular formula is C24H27N3O4S2. The predicted octanol–water partition coefficient (Wildman–Crippen LogP) is 4.34. The molecule has 1 unspecified atom stereocenters. The molecule has 7 nitrogen and oxygen atoms in total. The predicted molar refractivity (Wildman–Crippen MR) is 131 cm³/mol. The summed E-state index contributed by atoms with van der Waals surface area (Å²) in [5, 5.41) is 4.08. The van der Waals surface area contributed by atoms with Gasteiger partial charge in [0.2, 0.25) is 5.91 Å². The molecule has 0 saturated carbocycles. The molecule has 0 bridgehead atoms. The molecule has 0 saturated heterocycles. The van der Waals surface area contributed by atoms with Gasteiger partial charge < -0.3 is 10.1 Å². The summed E-state index contributed by atoms with van der Waals surface area (Å²) in [5.41, 5.74) is 2.42. The number of thiophene rings is 2. The average molecular weight is 486 g/mol. The fourth-order valence-corrected chi connectivity index (χ4v) is 7.51. The Morgan fingerprint density at radius 2 is 2.00 bits per heavy atom. The summed E-state index contributed by atoms with van der Waals surface area (Å²) in [6, 6.07) is 0. The lowest BCUT2D eigenvalue weighted by Crippen LogP contribution is -2.28. The van der Waals surface area contributed by atoms with Crippen molar-refractivity contribution < 1.29 is 14.3 Å². The highest BCUT2D eigenvalue weighted by Gasteiger charge is 2.29. The monoisotopic (exact) mass is 485 g/mol. The fourth-order valence-electron chi connectivity index (χ4n) is 4.87. The van der Waals surface area contributed by atoms with Crippen molar-refractivity contribution >= 4 is 49.8 Å². The van der Waals surface area contributed by atoms with Crippen molar-refractivity contribution in [1.82, 2.24) is 9.55 Å². The topological polar surface area (TPSA) is 90.3 Å². The first-order valence-electron chi connectivity index (χ1n) is 11.6. The molecule has 9 heteroatoms. The van der Waals surface area contributed by atoms with E-state index in [2.05, 4.69) is 17.2 Å². The number of fused-ring (bicyclic) bond motifs is 4. The molecule has 33 heavy (non-hydrogen) atoms. The minimum absolute atomic E-state index is 0.145. The average Bonchev–Trinajstić information content (AvgIpc) is 3.33. The lowest BCUT2D eigenvalue weighted by Gasteiger charge is -2.18. The van der Waals surface area contributed by atoms with Crippen molar-refractivity contribution in [2.24, 2.45) is 5.92 Å². The molecule has 1 N–H and O–H groups in total. The number of amides is 1. The van der Waals surface area contributed by atoms with Crippen LogP contribution in [0.3, 0.4) is 0 Å². The quantitative estimate of drug-likeness (QED) is 0.543. The van der Waals surface area contributed by atoms with Crippen LogP contribution in [0.2, 0.25) is 0 Å². The number of aromatic nitrogens is 2. The van der Waals surface area contributed by atoms with Crippen molar-refractivity contribution in [2.75, 3.05) is 11.9 Å². The van der Waals surface area contributed by atoms with Crippen LogP contribution in [0.15, 0.2) is 11.1 Å². The zero-order valence-corrected chi connectivity index (χ0v) is 20.5. The van der Waals surface area contributed by atoms with Crippen LogP contribution in [-0.4, -0.2) is 28.0 Å². The van der Waals surface area contributed by atoms with E-state index in [4.69, 9.17) is 4.74 Å². The molecule has 0 radical (unpaired) electrons. The number of carbonyl (C=O) groups excluding carboxylic acids is 2. The SMILES string of the molecule is CCOC(=O)c1c(NC(=O)Cn2cnc3sc4c(c3c2=O)CCCC4)sc2c1CCC(C)C2. The molecule has 0 aliphatic heterocycles. The number of aryl methyl sites for hydroxylation is 2. The number of esters is 1. The fraction of sp³-hybridized carbons (Fsp3) is 0.500. The Morgan fingerprint density at radius 1 is 1.18 bits per heavy atom. The summed E-state index contributed by atoms with van der Waals surface area (Å²) < 4.78 is 6.66. The van der Waals surface area contributed by atoms with Crippen LogP contribution < -0.4 is 10.9 Å². The van der Waals surface area contributed by atoms with Crippen molar-refractivity contribution in [3.63, 3.8) is 0 Å². The molecule has 174 valence electrons. The summed E-state index contributed by atoms with van der Waals surface area (Å²) in [4.78, 5) is 46.5. The molecule has 0 fully saturated rings. The molecule has 1 atom stereocenters. The first-order valence-corrected chi connectivity index (χ1v) is 13.2. The number of hydrogen-bond acceptors (Lipinski definition) is 7. The Morgan fingerprint density at radius 3 is 2.82 bits per heavy atom. The van der Waals surface area contributed by atoms with Crippen LogP contribution in [0, 0.1) is 5.92 Å². The second-order valence-electron chi connectivity index (χ2n) is 8.89. The summed E-state index contributed by atoms with van der Waals surface area (Å²) in [6.45, 7) is 4.10. The lowest BCUT2D eigenvalue weighted by molar-refractivity contribution is -0.116. The van der Waals surface area contributed by atoms with E-state index in [1.807, 2.05) is 0 Å². The third-order valence-corrected chi connectivity index (χ3v) is 8.87. The molecule has 0 spiro atoms. The summed E-state index contributed by atoms with van der Waals surface area (Å²) in [6.07, 6.45) is 8.27. The van der Waals surface area contributed by atoms with Gasteiger partial charge >= 0.3 is 5.97 Å². The van der Waals surface area contributed by atoms with Crippen LogP contribution in [0.1, 0.15) is 64.3 Å². The number of ether oxygens (including phenoxy) is 1. The Hall–Kier alpha value is -2.52. The van der Waals surface area contributed by atoms with E-state index in [0.29, 0.717) is 21.9 Å². The van der Waals surface area contributed by atoms with Crippen LogP contribution in [0.5, 0.6) is 0 Å². The summed E-state index contributed by atoms with van der Waals surface area (Å²) >= 11 is 3.05. The number of rotatable bonds is 5. The van der Waals surface area contributed by atoms with Crippen molar-refractivity contribution in [1.29, 1.82) is 0 Å². The highest BCUT2D eigenvalue weighted by Crippen LogP contribution is 2.40. The Balaban J connectivity index is 1.43. The molecule has 0 aromatic carbocycles. The maximum absolute atomic E-state index is 13.2. The van der Waals surface area contributed by atoms with E-state index in [1.165, 1.54) is 27.1 Å². The zero-order valence-electron chi connectivity index (χ0n) is 18.9. The van der Waals surface area contributed by atoms with Gasteiger partial charge in [0.15, 0.2) is 0 Å². The second-order valence-corrected chi connectivity index (χ2v) is 11.1. The largest absolute Gasteiger partial charge is 0.462 e. The van der Waals surface area contributed by atoms with Gasteiger partial charge in [0.25, 0.3) is 5.56 Å². The normalized spacial score (nSPS) is 17.5. The summed E-state index contributed by atoms with van der Waals surface area (Å²) in [5.74, 6) is -0.202. The number of nitrogens with zero attached hydrogens (tertiary/aromatic N) is 2. The second kappa shape index (κ2) is 9.02. The Bertz CT molecular complexity index is 1300. The van der Waals surface area contributed by atoms with Crippen molar-refractivity contribution in [3.8, 4) is 0 Å². The summed E-state index contributed by atoms with van der Waals surface area (Å²) in [7, 11) is 0. The van der Waals surface area contributed by atoms with E-state index >= 15 is 0 Å². The molecule has 1 amide bonds. The van der Waals surface area contributed by atoms with Gasteiger partial charge in [-0.25, -0.2) is 9.78 Å². The van der Waals surface area contributed by atoms with Gasteiger partial charge in [-0.15, -0.1) is 22.7 Å². The third-order valence-electron chi connectivity index (χ3n) is 6.50. The van der Waals surface area contributed by atoms with Crippen molar-refractivity contribution in [2.45, 2.75) is 65.3 Å². The Labute approximate surface area is 199 Å². The van der Waals surface area contributed by atoms with Gasteiger partial charge in [0, 0.05) is 9.75 Å². The number of nitrogens with one attached hydrogen (secondary N) is 1. The number of carbonyl (C=O) groups is 2. The van der Waals surface area contributed by atoms with Gasteiger partial charge in [-0.1, -0.05) is 6.92 Å². The molecule has 2 aliphatic rings. The van der Waals surface area contributed by atoms with E-state index in [1.54, 1.807) is 18.3 Å². The lowest BCUT2D eigenvalue weighted by atomic mass is 9.88. The van der Waals surface area contributed by atoms with Crippen LogP contribution in [0.4, 0.5) is 5.00 Å². The molecule has 3 aromatic rings.